The van der Waals surface area contributed by atoms with Gasteiger partial charge in [0, 0.05) is 18.4 Å². The summed E-state index contributed by atoms with van der Waals surface area (Å²) in [5.74, 6) is -0.708. The van der Waals surface area contributed by atoms with Crippen molar-refractivity contribution in [3.05, 3.63) is 54.5 Å². The van der Waals surface area contributed by atoms with E-state index in [1.165, 1.54) is 23.5 Å². The number of carbonyl (C=O) groups excluding carboxylic acids is 1. The quantitative estimate of drug-likeness (QED) is 0.885. The summed E-state index contributed by atoms with van der Waals surface area (Å²) in [6, 6.07) is 9.30. The lowest BCUT2D eigenvalue weighted by molar-refractivity contribution is -0.142. The number of aromatic nitrogens is 2. The lowest BCUT2D eigenvalue weighted by atomic mass is 9.85. The molecule has 136 valence electrons. The summed E-state index contributed by atoms with van der Waals surface area (Å²) in [7, 11) is 0. The zero-order valence-corrected chi connectivity index (χ0v) is 14.3. The van der Waals surface area contributed by atoms with Crippen LogP contribution in [0.4, 0.5) is 10.6 Å². The van der Waals surface area contributed by atoms with Crippen LogP contribution in [0, 0.1) is 5.92 Å². The van der Waals surface area contributed by atoms with Crippen molar-refractivity contribution in [1.29, 1.82) is 0 Å². The molecule has 0 spiro atoms. The Labute approximate surface area is 151 Å². The van der Waals surface area contributed by atoms with Crippen LogP contribution in [0.15, 0.2) is 48.9 Å². The van der Waals surface area contributed by atoms with Gasteiger partial charge in [0.15, 0.2) is 5.82 Å². The molecule has 0 unspecified atom stereocenters. The number of aliphatic carboxylic acids is 1. The first kappa shape index (κ1) is 17.8. The van der Waals surface area contributed by atoms with Gasteiger partial charge in [0.1, 0.15) is 6.61 Å². The SMILES string of the molecule is O=C(O)C1CCC(N(C(=O)OCc2ccccc2)c2cnccn2)CC1. The fourth-order valence-corrected chi connectivity index (χ4v) is 3.22. The maximum atomic E-state index is 12.8. The smallest absolute Gasteiger partial charge is 0.416 e. The Kier molecular flexibility index (Phi) is 5.78. The third-order valence-electron chi connectivity index (χ3n) is 4.61. The van der Waals surface area contributed by atoms with E-state index in [2.05, 4.69) is 9.97 Å². The van der Waals surface area contributed by atoms with Crippen LogP contribution in [-0.2, 0) is 16.1 Å². The van der Waals surface area contributed by atoms with Crippen LogP contribution in [0.5, 0.6) is 0 Å². The Morgan fingerprint density at radius 3 is 2.46 bits per heavy atom. The minimum absolute atomic E-state index is 0.148. The molecule has 1 heterocycles. The molecule has 1 aliphatic carbocycles. The summed E-state index contributed by atoms with van der Waals surface area (Å²) >= 11 is 0. The Bertz CT molecular complexity index is 731. The molecule has 7 nitrogen and oxygen atoms in total. The molecule has 1 N–H and O–H groups in total. The van der Waals surface area contributed by atoms with Crippen molar-refractivity contribution in [3.8, 4) is 0 Å². The second kappa shape index (κ2) is 8.42. The van der Waals surface area contributed by atoms with Crippen LogP contribution in [0.2, 0.25) is 0 Å². The van der Waals surface area contributed by atoms with Gasteiger partial charge in [-0.3, -0.25) is 14.7 Å². The summed E-state index contributed by atoms with van der Waals surface area (Å²) < 4.78 is 5.48. The van der Waals surface area contributed by atoms with Gasteiger partial charge >= 0.3 is 12.1 Å². The number of carboxylic acids is 1. The van der Waals surface area contributed by atoms with Crippen LogP contribution in [-0.4, -0.2) is 33.2 Å². The van der Waals surface area contributed by atoms with Gasteiger partial charge in [-0.05, 0) is 31.2 Å². The van der Waals surface area contributed by atoms with E-state index in [4.69, 9.17) is 4.74 Å². The van der Waals surface area contributed by atoms with Gasteiger partial charge in [-0.1, -0.05) is 30.3 Å². The zero-order chi connectivity index (χ0) is 18.4. The van der Waals surface area contributed by atoms with Gasteiger partial charge in [0.2, 0.25) is 0 Å². The highest BCUT2D eigenvalue weighted by atomic mass is 16.6. The Morgan fingerprint density at radius 2 is 1.85 bits per heavy atom. The van der Waals surface area contributed by atoms with Crippen molar-refractivity contribution in [3.63, 3.8) is 0 Å². The highest BCUT2D eigenvalue weighted by Gasteiger charge is 2.34. The van der Waals surface area contributed by atoms with Gasteiger partial charge < -0.3 is 9.84 Å². The van der Waals surface area contributed by atoms with Gasteiger partial charge in [-0.15, -0.1) is 0 Å². The molecule has 0 saturated heterocycles. The van der Waals surface area contributed by atoms with E-state index in [0.29, 0.717) is 31.5 Å². The molecule has 1 fully saturated rings. The number of anilines is 1. The maximum absolute atomic E-state index is 12.8. The van der Waals surface area contributed by atoms with Gasteiger partial charge in [0.25, 0.3) is 0 Å². The maximum Gasteiger partial charge on any atom is 0.416 e. The lowest BCUT2D eigenvalue weighted by Crippen LogP contribution is -2.44. The molecule has 1 aliphatic rings. The minimum atomic E-state index is -0.777. The number of nitrogens with zero attached hydrogens (tertiary/aromatic N) is 3. The zero-order valence-electron chi connectivity index (χ0n) is 14.3. The molecular formula is C19H21N3O4. The van der Waals surface area contributed by atoms with Crippen molar-refractivity contribution in [2.75, 3.05) is 4.90 Å². The molecule has 0 atom stereocenters. The first-order valence-electron chi connectivity index (χ1n) is 8.64. The van der Waals surface area contributed by atoms with E-state index in [0.717, 1.165) is 5.56 Å². The molecule has 1 aromatic carbocycles. The standard InChI is InChI=1S/C19H21N3O4/c23-18(24)15-6-8-16(9-7-15)22(17-12-20-10-11-21-17)19(25)26-13-14-4-2-1-3-5-14/h1-5,10-12,15-16H,6-9,13H2,(H,23,24). The second-order valence-corrected chi connectivity index (χ2v) is 6.32. The third-order valence-corrected chi connectivity index (χ3v) is 4.61. The number of benzene rings is 1. The Hall–Kier alpha value is -2.96. The molecule has 0 bridgehead atoms. The molecular weight excluding hydrogens is 334 g/mol. The molecule has 7 heteroatoms. The lowest BCUT2D eigenvalue weighted by Gasteiger charge is -2.34. The van der Waals surface area contributed by atoms with Crippen LogP contribution in [0.25, 0.3) is 0 Å². The van der Waals surface area contributed by atoms with Crippen LogP contribution >= 0.6 is 0 Å². The Morgan fingerprint density at radius 1 is 1.12 bits per heavy atom. The molecule has 1 amide bonds. The summed E-state index contributed by atoms with van der Waals surface area (Å²) in [5, 5.41) is 9.17. The number of amides is 1. The molecule has 0 aliphatic heterocycles. The first-order chi connectivity index (χ1) is 12.6. The third kappa shape index (κ3) is 4.36. The largest absolute Gasteiger partial charge is 0.481 e. The summed E-state index contributed by atoms with van der Waals surface area (Å²) in [6.45, 7) is 0.168. The van der Waals surface area contributed by atoms with E-state index in [9.17, 15) is 14.7 Å². The van der Waals surface area contributed by atoms with Crippen molar-refractivity contribution in [1.82, 2.24) is 9.97 Å². The fraction of sp³-hybridized carbons (Fsp3) is 0.368. The Balaban J connectivity index is 1.72. The van der Waals surface area contributed by atoms with Gasteiger partial charge in [-0.2, -0.15) is 0 Å². The number of hydrogen-bond acceptors (Lipinski definition) is 5. The van der Waals surface area contributed by atoms with E-state index < -0.39 is 12.1 Å². The predicted octanol–water partition coefficient (Wildman–Crippen LogP) is 3.26. The number of rotatable bonds is 5. The van der Waals surface area contributed by atoms with Crippen molar-refractivity contribution in [2.45, 2.75) is 38.3 Å². The van der Waals surface area contributed by atoms with Crippen molar-refractivity contribution < 1.29 is 19.4 Å². The molecule has 26 heavy (non-hydrogen) atoms. The topological polar surface area (TPSA) is 92.6 Å². The van der Waals surface area contributed by atoms with Crippen LogP contribution in [0.1, 0.15) is 31.2 Å². The van der Waals surface area contributed by atoms with Crippen molar-refractivity contribution in [2.24, 2.45) is 5.92 Å². The predicted molar refractivity (Wildman–Crippen MR) is 94.5 cm³/mol. The summed E-state index contributed by atoms with van der Waals surface area (Å²) in [6.07, 6.45) is 6.34. The average Bonchev–Trinajstić information content (AvgIpc) is 2.69. The molecule has 1 aromatic heterocycles. The monoisotopic (exact) mass is 355 g/mol. The molecule has 3 rings (SSSR count). The fourth-order valence-electron chi connectivity index (χ4n) is 3.22. The summed E-state index contributed by atoms with van der Waals surface area (Å²) in [4.78, 5) is 33.7. The molecule has 2 aromatic rings. The van der Waals surface area contributed by atoms with E-state index in [-0.39, 0.29) is 18.6 Å². The average molecular weight is 355 g/mol. The van der Waals surface area contributed by atoms with E-state index in [1.54, 1.807) is 0 Å². The highest BCUT2D eigenvalue weighted by Crippen LogP contribution is 2.30. The van der Waals surface area contributed by atoms with Crippen molar-refractivity contribution >= 4 is 17.9 Å². The molecule has 0 radical (unpaired) electrons. The van der Waals surface area contributed by atoms with E-state index >= 15 is 0 Å². The highest BCUT2D eigenvalue weighted by molar-refractivity contribution is 5.87. The second-order valence-electron chi connectivity index (χ2n) is 6.32. The van der Waals surface area contributed by atoms with Crippen LogP contribution in [0.3, 0.4) is 0 Å². The first-order valence-corrected chi connectivity index (χ1v) is 8.64. The molecule has 1 saturated carbocycles. The minimum Gasteiger partial charge on any atom is -0.481 e. The summed E-state index contributed by atoms with van der Waals surface area (Å²) in [5.41, 5.74) is 0.898. The number of carbonyl (C=O) groups is 2. The normalized spacial score (nSPS) is 19.5. The van der Waals surface area contributed by atoms with E-state index in [1.807, 2.05) is 30.3 Å². The number of hydrogen-bond donors (Lipinski definition) is 1. The number of carboxylic acid groups (broad SMARTS) is 1. The van der Waals surface area contributed by atoms with Gasteiger partial charge in [-0.25, -0.2) is 9.78 Å². The van der Waals surface area contributed by atoms with Gasteiger partial charge in [0.05, 0.1) is 12.1 Å². The van der Waals surface area contributed by atoms with Crippen LogP contribution < -0.4 is 4.90 Å². The number of ether oxygens (including phenoxy) is 1.